The summed E-state index contributed by atoms with van der Waals surface area (Å²) >= 11 is 7.38. The van der Waals surface area contributed by atoms with E-state index in [9.17, 15) is 14.0 Å². The third-order valence-electron chi connectivity index (χ3n) is 3.61. The van der Waals surface area contributed by atoms with Gasteiger partial charge in [0.15, 0.2) is 0 Å². The molecule has 146 valence electrons. The van der Waals surface area contributed by atoms with Gasteiger partial charge in [0.2, 0.25) is 5.91 Å². The van der Waals surface area contributed by atoms with E-state index in [1.807, 2.05) is 27.7 Å². The number of benzene rings is 1. The van der Waals surface area contributed by atoms with E-state index >= 15 is 0 Å². The number of carbonyl (C=O) groups is 2. The van der Waals surface area contributed by atoms with E-state index in [2.05, 4.69) is 5.32 Å². The molecule has 0 saturated heterocycles. The molecule has 0 aliphatic carbocycles. The summed E-state index contributed by atoms with van der Waals surface area (Å²) in [6, 6.07) is 2.63. The fourth-order valence-electron chi connectivity index (χ4n) is 2.15. The summed E-state index contributed by atoms with van der Waals surface area (Å²) in [5.41, 5.74) is 0.0669. The molecule has 4 nitrogen and oxygen atoms in total. The summed E-state index contributed by atoms with van der Waals surface area (Å²) in [4.78, 5) is 24.6. The molecule has 0 fully saturated rings. The summed E-state index contributed by atoms with van der Waals surface area (Å²) in [6.07, 6.45) is 2.73. The van der Waals surface area contributed by atoms with E-state index in [-0.39, 0.29) is 28.5 Å². The fourth-order valence-corrected chi connectivity index (χ4v) is 3.50. The van der Waals surface area contributed by atoms with Crippen LogP contribution in [0.25, 0.3) is 0 Å². The van der Waals surface area contributed by atoms with Gasteiger partial charge in [-0.25, -0.2) is 4.39 Å². The van der Waals surface area contributed by atoms with Gasteiger partial charge in [0.25, 0.3) is 0 Å². The molecule has 1 aromatic rings. The van der Waals surface area contributed by atoms with Crippen molar-refractivity contribution in [2.24, 2.45) is 5.92 Å². The second kappa shape index (κ2) is 11.4. The van der Waals surface area contributed by atoms with Crippen molar-refractivity contribution in [3.63, 3.8) is 0 Å². The van der Waals surface area contributed by atoms with Gasteiger partial charge in [-0.2, -0.15) is 0 Å². The van der Waals surface area contributed by atoms with Gasteiger partial charge >= 0.3 is 5.97 Å². The monoisotopic (exact) mass is 403 g/mol. The molecule has 0 aliphatic rings. The molecule has 1 aromatic carbocycles. The number of carbonyl (C=O) groups excluding carboxylic acids is 2. The van der Waals surface area contributed by atoms with E-state index < -0.39 is 11.1 Å². The maximum Gasteiger partial charge on any atom is 0.319 e. The minimum absolute atomic E-state index is 0.00776. The van der Waals surface area contributed by atoms with Gasteiger partial charge in [-0.15, -0.1) is 11.8 Å². The predicted molar refractivity (Wildman–Crippen MR) is 105 cm³/mol. The van der Waals surface area contributed by atoms with E-state index in [1.54, 1.807) is 0 Å². The van der Waals surface area contributed by atoms with Crippen molar-refractivity contribution < 1.29 is 18.7 Å². The predicted octanol–water partition coefficient (Wildman–Crippen LogP) is 5.68. The van der Waals surface area contributed by atoms with Crippen molar-refractivity contribution >= 4 is 40.9 Å². The highest BCUT2D eigenvalue weighted by Gasteiger charge is 2.26. The summed E-state index contributed by atoms with van der Waals surface area (Å²) in [7, 11) is 0. The summed E-state index contributed by atoms with van der Waals surface area (Å²) in [5, 5.41) is 2.29. The van der Waals surface area contributed by atoms with Gasteiger partial charge in [-0.1, -0.05) is 45.7 Å². The van der Waals surface area contributed by atoms with E-state index in [0.717, 1.165) is 18.9 Å². The largest absolute Gasteiger partial charge is 0.465 e. The number of ether oxygens (including phenoxy) is 1. The van der Waals surface area contributed by atoms with Gasteiger partial charge in [0.05, 0.1) is 17.3 Å². The molecule has 1 N–H and O–H groups in total. The summed E-state index contributed by atoms with van der Waals surface area (Å²) in [6.45, 7) is 8.11. The number of thioether (sulfide) groups is 1. The van der Waals surface area contributed by atoms with Crippen LogP contribution < -0.4 is 5.32 Å². The SMILES string of the molecule is CCCCOC(=O)C(Sc1cc(NC(=O)CCC)c(F)cc1Cl)C(C)C. The van der Waals surface area contributed by atoms with E-state index in [4.69, 9.17) is 16.3 Å². The number of hydrogen-bond donors (Lipinski definition) is 1. The third-order valence-corrected chi connectivity index (χ3v) is 5.61. The number of nitrogens with one attached hydrogen (secondary N) is 1. The molecular weight excluding hydrogens is 377 g/mol. The number of unbranched alkanes of at least 4 members (excludes halogenated alkanes) is 1. The van der Waals surface area contributed by atoms with Gasteiger partial charge < -0.3 is 10.1 Å². The van der Waals surface area contributed by atoms with Crippen LogP contribution >= 0.6 is 23.4 Å². The van der Waals surface area contributed by atoms with Crippen molar-refractivity contribution in [3.8, 4) is 0 Å². The van der Waals surface area contributed by atoms with Crippen molar-refractivity contribution in [2.45, 2.75) is 63.5 Å². The molecule has 7 heteroatoms. The molecule has 0 spiro atoms. The second-order valence-electron chi connectivity index (χ2n) is 6.36. The number of hydrogen-bond acceptors (Lipinski definition) is 4. The maximum absolute atomic E-state index is 14.1. The third kappa shape index (κ3) is 7.16. The Morgan fingerprint density at radius 1 is 1.27 bits per heavy atom. The standard InChI is InChI=1S/C19H27ClFNO3S/c1-5-7-9-25-19(24)18(12(3)4)26-16-11-15(14(21)10-13(16)20)22-17(23)8-6-2/h10-12,18H,5-9H2,1-4H3,(H,22,23). The lowest BCUT2D eigenvalue weighted by Crippen LogP contribution is -2.26. The van der Waals surface area contributed by atoms with Crippen LogP contribution in [-0.2, 0) is 14.3 Å². The zero-order valence-electron chi connectivity index (χ0n) is 15.7. The Labute approximate surface area is 164 Å². The Hall–Kier alpha value is -1.27. The molecule has 1 amide bonds. The van der Waals surface area contributed by atoms with Gasteiger partial charge in [0.1, 0.15) is 11.1 Å². The summed E-state index contributed by atoms with van der Waals surface area (Å²) < 4.78 is 19.4. The van der Waals surface area contributed by atoms with Crippen molar-refractivity contribution in [1.29, 1.82) is 0 Å². The lowest BCUT2D eigenvalue weighted by molar-refractivity contribution is -0.143. The number of halogens is 2. The Morgan fingerprint density at radius 2 is 1.96 bits per heavy atom. The van der Waals surface area contributed by atoms with Crippen molar-refractivity contribution in [2.75, 3.05) is 11.9 Å². The van der Waals surface area contributed by atoms with E-state index in [1.165, 1.54) is 17.8 Å². The molecule has 0 aliphatic heterocycles. The highest BCUT2D eigenvalue weighted by atomic mass is 35.5. The van der Waals surface area contributed by atoms with Crippen LogP contribution in [-0.4, -0.2) is 23.7 Å². The molecule has 0 radical (unpaired) electrons. The van der Waals surface area contributed by atoms with Crippen molar-refractivity contribution in [3.05, 3.63) is 23.0 Å². The number of rotatable bonds is 10. The molecule has 0 bridgehead atoms. The molecule has 0 heterocycles. The normalized spacial score (nSPS) is 12.1. The highest BCUT2D eigenvalue weighted by molar-refractivity contribution is 8.00. The Bertz CT molecular complexity index is 625. The first kappa shape index (κ1) is 22.8. The molecule has 1 rings (SSSR count). The van der Waals surface area contributed by atoms with Crippen LogP contribution in [0.5, 0.6) is 0 Å². The Kier molecular flexibility index (Phi) is 10.0. The van der Waals surface area contributed by atoms with Crippen LogP contribution in [0.3, 0.4) is 0 Å². The smallest absolute Gasteiger partial charge is 0.319 e. The fraction of sp³-hybridized carbons (Fsp3) is 0.579. The van der Waals surface area contributed by atoms with Crippen LogP contribution in [0, 0.1) is 11.7 Å². The zero-order chi connectivity index (χ0) is 19.7. The van der Waals surface area contributed by atoms with Crippen LogP contribution in [0.15, 0.2) is 17.0 Å². The lowest BCUT2D eigenvalue weighted by Gasteiger charge is -2.20. The molecule has 1 unspecified atom stereocenters. The van der Waals surface area contributed by atoms with Gasteiger partial charge in [0, 0.05) is 11.3 Å². The zero-order valence-corrected chi connectivity index (χ0v) is 17.3. The van der Waals surface area contributed by atoms with Crippen LogP contribution in [0.1, 0.15) is 53.4 Å². The first-order chi connectivity index (χ1) is 12.3. The minimum Gasteiger partial charge on any atom is -0.465 e. The number of anilines is 1. The number of amides is 1. The van der Waals surface area contributed by atoms with Crippen LogP contribution in [0.4, 0.5) is 10.1 Å². The molecule has 1 atom stereocenters. The average Bonchev–Trinajstić information content (AvgIpc) is 2.56. The van der Waals surface area contributed by atoms with Crippen LogP contribution in [0.2, 0.25) is 5.02 Å². The topological polar surface area (TPSA) is 55.4 Å². The van der Waals surface area contributed by atoms with Gasteiger partial charge in [-0.3, -0.25) is 9.59 Å². The molecule has 0 saturated carbocycles. The molecular formula is C19H27ClFNO3S. The average molecular weight is 404 g/mol. The maximum atomic E-state index is 14.1. The number of esters is 1. The van der Waals surface area contributed by atoms with Crippen molar-refractivity contribution in [1.82, 2.24) is 0 Å². The van der Waals surface area contributed by atoms with Gasteiger partial charge in [-0.05, 0) is 30.9 Å². The molecule has 26 heavy (non-hydrogen) atoms. The highest BCUT2D eigenvalue weighted by Crippen LogP contribution is 2.37. The second-order valence-corrected chi connectivity index (χ2v) is 7.95. The first-order valence-electron chi connectivity index (χ1n) is 8.92. The minimum atomic E-state index is -0.601. The van der Waals surface area contributed by atoms with E-state index in [0.29, 0.717) is 24.3 Å². The Morgan fingerprint density at radius 3 is 2.54 bits per heavy atom. The lowest BCUT2D eigenvalue weighted by atomic mass is 10.1. The Balaban J connectivity index is 2.97. The first-order valence-corrected chi connectivity index (χ1v) is 10.2. The summed E-state index contributed by atoms with van der Waals surface area (Å²) in [5.74, 6) is -1.16. The molecule has 0 aromatic heterocycles. The quantitative estimate of drug-likeness (QED) is 0.310.